The highest BCUT2D eigenvalue weighted by Crippen LogP contribution is 2.28. The Morgan fingerprint density at radius 3 is 2.48 bits per heavy atom. The van der Waals surface area contributed by atoms with Gasteiger partial charge in [-0.2, -0.15) is 0 Å². The van der Waals surface area contributed by atoms with E-state index in [4.69, 9.17) is 5.73 Å². The van der Waals surface area contributed by atoms with Gasteiger partial charge < -0.3 is 10.6 Å². The van der Waals surface area contributed by atoms with Crippen molar-refractivity contribution in [3.63, 3.8) is 0 Å². The van der Waals surface area contributed by atoms with Crippen LogP contribution < -0.4 is 5.73 Å². The van der Waals surface area contributed by atoms with Gasteiger partial charge in [-0.1, -0.05) is 54.6 Å². The molecule has 1 aliphatic rings. The quantitative estimate of drug-likeness (QED) is 0.940. The van der Waals surface area contributed by atoms with Crippen LogP contribution in [-0.2, 0) is 11.3 Å². The number of benzene rings is 2. The van der Waals surface area contributed by atoms with E-state index in [-0.39, 0.29) is 17.9 Å². The fraction of sp³-hybridized carbons (Fsp3) is 0.350. The van der Waals surface area contributed by atoms with Crippen molar-refractivity contribution in [2.75, 3.05) is 7.05 Å². The zero-order valence-electron chi connectivity index (χ0n) is 13.6. The molecule has 2 aromatic rings. The van der Waals surface area contributed by atoms with Crippen LogP contribution in [0.4, 0.5) is 0 Å². The molecule has 3 heteroatoms. The number of hydrogen-bond donors (Lipinski definition) is 1. The molecule has 0 radical (unpaired) electrons. The Morgan fingerprint density at radius 1 is 1.09 bits per heavy atom. The van der Waals surface area contributed by atoms with Gasteiger partial charge in [0, 0.05) is 25.6 Å². The number of nitrogens with zero attached hydrogens (tertiary/aromatic N) is 1. The van der Waals surface area contributed by atoms with Crippen LogP contribution in [-0.4, -0.2) is 23.9 Å². The average molecular weight is 308 g/mol. The van der Waals surface area contributed by atoms with E-state index in [1.54, 1.807) is 0 Å². The third-order valence-electron chi connectivity index (χ3n) is 4.71. The molecule has 120 valence electrons. The van der Waals surface area contributed by atoms with Crippen molar-refractivity contribution in [1.29, 1.82) is 0 Å². The number of hydrogen-bond acceptors (Lipinski definition) is 2. The molecule has 1 saturated carbocycles. The third-order valence-corrected chi connectivity index (χ3v) is 4.71. The van der Waals surface area contributed by atoms with Gasteiger partial charge in [-0.15, -0.1) is 0 Å². The van der Waals surface area contributed by atoms with Gasteiger partial charge in [0.1, 0.15) is 0 Å². The predicted molar refractivity (Wildman–Crippen MR) is 93.7 cm³/mol. The number of amides is 1. The molecular weight excluding hydrogens is 284 g/mol. The lowest BCUT2D eigenvalue weighted by atomic mass is 9.99. The Bertz CT molecular complexity index is 668. The molecule has 1 amide bonds. The molecule has 2 atom stereocenters. The van der Waals surface area contributed by atoms with Crippen LogP contribution in [0.15, 0.2) is 54.6 Å². The fourth-order valence-corrected chi connectivity index (χ4v) is 3.44. The molecule has 0 bridgehead atoms. The summed E-state index contributed by atoms with van der Waals surface area (Å²) >= 11 is 0. The molecular formula is C20H24N2O. The molecule has 2 N–H and O–H groups in total. The summed E-state index contributed by atoms with van der Waals surface area (Å²) in [6.07, 6.45) is 2.71. The zero-order valence-corrected chi connectivity index (χ0v) is 13.6. The maximum absolute atomic E-state index is 12.6. The van der Waals surface area contributed by atoms with Crippen molar-refractivity contribution in [3.8, 4) is 11.1 Å². The van der Waals surface area contributed by atoms with Crippen LogP contribution in [0.2, 0.25) is 0 Å². The lowest BCUT2D eigenvalue weighted by Gasteiger charge is -2.22. The van der Waals surface area contributed by atoms with Crippen LogP contribution in [0, 0.1) is 5.92 Å². The summed E-state index contributed by atoms with van der Waals surface area (Å²) in [6, 6.07) is 18.8. The molecule has 0 saturated heterocycles. The van der Waals surface area contributed by atoms with Crippen LogP contribution in [0.1, 0.15) is 24.8 Å². The van der Waals surface area contributed by atoms with Crippen molar-refractivity contribution in [1.82, 2.24) is 4.90 Å². The predicted octanol–water partition coefficient (Wildman–Crippen LogP) is 3.44. The van der Waals surface area contributed by atoms with Gasteiger partial charge in [0.15, 0.2) is 0 Å². The molecule has 3 nitrogen and oxygen atoms in total. The van der Waals surface area contributed by atoms with Crippen molar-refractivity contribution in [3.05, 3.63) is 60.2 Å². The van der Waals surface area contributed by atoms with Gasteiger partial charge in [0.05, 0.1) is 0 Å². The van der Waals surface area contributed by atoms with E-state index in [1.165, 1.54) is 16.7 Å². The van der Waals surface area contributed by atoms with Gasteiger partial charge in [-0.25, -0.2) is 0 Å². The summed E-state index contributed by atoms with van der Waals surface area (Å²) in [5.41, 5.74) is 9.50. The van der Waals surface area contributed by atoms with Crippen LogP contribution >= 0.6 is 0 Å². The molecule has 2 unspecified atom stereocenters. The van der Waals surface area contributed by atoms with E-state index in [1.807, 2.05) is 42.3 Å². The average Bonchev–Trinajstić information content (AvgIpc) is 3.02. The molecule has 2 aromatic carbocycles. The van der Waals surface area contributed by atoms with Crippen molar-refractivity contribution >= 4 is 5.91 Å². The van der Waals surface area contributed by atoms with Crippen LogP contribution in [0.5, 0.6) is 0 Å². The molecule has 23 heavy (non-hydrogen) atoms. The number of carbonyl (C=O) groups is 1. The SMILES string of the molecule is CN(Cc1ccccc1-c1ccccc1)C(=O)C1CCC(N)C1. The summed E-state index contributed by atoms with van der Waals surface area (Å²) in [4.78, 5) is 14.5. The fourth-order valence-electron chi connectivity index (χ4n) is 3.44. The maximum Gasteiger partial charge on any atom is 0.225 e. The Kier molecular flexibility index (Phi) is 4.77. The van der Waals surface area contributed by atoms with Crippen molar-refractivity contribution in [2.24, 2.45) is 11.7 Å². The molecule has 3 rings (SSSR count). The second kappa shape index (κ2) is 6.97. The highest BCUT2D eigenvalue weighted by atomic mass is 16.2. The third kappa shape index (κ3) is 3.62. The summed E-state index contributed by atoms with van der Waals surface area (Å²) in [5.74, 6) is 0.319. The Morgan fingerprint density at radius 2 is 1.78 bits per heavy atom. The summed E-state index contributed by atoms with van der Waals surface area (Å²) in [7, 11) is 1.90. The minimum atomic E-state index is 0.0962. The zero-order chi connectivity index (χ0) is 16.2. The first-order valence-corrected chi connectivity index (χ1v) is 8.29. The first-order valence-electron chi connectivity index (χ1n) is 8.29. The topological polar surface area (TPSA) is 46.3 Å². The molecule has 1 aliphatic carbocycles. The molecule has 1 fully saturated rings. The first-order chi connectivity index (χ1) is 11.1. The van der Waals surface area contributed by atoms with Crippen LogP contribution in [0.25, 0.3) is 11.1 Å². The van der Waals surface area contributed by atoms with Gasteiger partial charge in [-0.05, 0) is 36.0 Å². The minimum Gasteiger partial charge on any atom is -0.341 e. The van der Waals surface area contributed by atoms with E-state index in [2.05, 4.69) is 24.3 Å². The van der Waals surface area contributed by atoms with Crippen molar-refractivity contribution in [2.45, 2.75) is 31.8 Å². The van der Waals surface area contributed by atoms with E-state index in [0.717, 1.165) is 19.3 Å². The van der Waals surface area contributed by atoms with E-state index in [0.29, 0.717) is 6.54 Å². The largest absolute Gasteiger partial charge is 0.341 e. The maximum atomic E-state index is 12.6. The van der Waals surface area contributed by atoms with Crippen LogP contribution in [0.3, 0.4) is 0 Å². The number of carbonyl (C=O) groups excluding carboxylic acids is 1. The van der Waals surface area contributed by atoms with Gasteiger partial charge in [0.25, 0.3) is 0 Å². The lowest BCUT2D eigenvalue weighted by Crippen LogP contribution is -2.32. The highest BCUT2D eigenvalue weighted by molar-refractivity contribution is 5.79. The highest BCUT2D eigenvalue weighted by Gasteiger charge is 2.29. The number of rotatable bonds is 4. The molecule has 0 heterocycles. The molecule has 0 aromatic heterocycles. The molecule has 0 spiro atoms. The summed E-state index contributed by atoms with van der Waals surface area (Å²) < 4.78 is 0. The minimum absolute atomic E-state index is 0.0962. The monoisotopic (exact) mass is 308 g/mol. The first kappa shape index (κ1) is 15.8. The van der Waals surface area contributed by atoms with Gasteiger partial charge in [-0.3, -0.25) is 4.79 Å². The second-order valence-corrected chi connectivity index (χ2v) is 6.49. The Balaban J connectivity index is 1.76. The summed E-state index contributed by atoms with van der Waals surface area (Å²) in [6.45, 7) is 0.635. The van der Waals surface area contributed by atoms with E-state index >= 15 is 0 Å². The Hall–Kier alpha value is -2.13. The van der Waals surface area contributed by atoms with Gasteiger partial charge in [0.2, 0.25) is 5.91 Å². The smallest absolute Gasteiger partial charge is 0.225 e. The lowest BCUT2D eigenvalue weighted by molar-refractivity contribution is -0.134. The number of nitrogens with two attached hydrogens (primary N) is 1. The normalized spacial score (nSPS) is 20.4. The summed E-state index contributed by atoms with van der Waals surface area (Å²) in [5, 5.41) is 0. The standard InChI is InChI=1S/C20H24N2O/c1-22(20(23)16-11-12-18(21)13-16)14-17-9-5-6-10-19(17)15-7-3-2-4-8-15/h2-10,16,18H,11-14,21H2,1H3. The Labute approximate surface area is 138 Å². The molecule has 0 aliphatic heterocycles. The van der Waals surface area contributed by atoms with E-state index in [9.17, 15) is 4.79 Å². The second-order valence-electron chi connectivity index (χ2n) is 6.49. The van der Waals surface area contributed by atoms with E-state index < -0.39 is 0 Å². The van der Waals surface area contributed by atoms with Crippen molar-refractivity contribution < 1.29 is 4.79 Å². The van der Waals surface area contributed by atoms with Gasteiger partial charge >= 0.3 is 0 Å².